The molecule has 0 spiro atoms. The Morgan fingerprint density at radius 1 is 1.43 bits per heavy atom. The SMILES string of the molecule is COc1nc2c(cc1CNC(=O)C[C@@H]1CNCCO1)C(=O)N(C1CCCC1)C2. The first-order valence-corrected chi connectivity index (χ1v) is 10.1. The van der Waals surface area contributed by atoms with Crippen LogP contribution >= 0.6 is 0 Å². The molecule has 1 aliphatic carbocycles. The quantitative estimate of drug-likeness (QED) is 0.755. The third kappa shape index (κ3) is 3.98. The average Bonchev–Trinajstić information content (AvgIpc) is 3.34. The van der Waals surface area contributed by atoms with Gasteiger partial charge in [-0.2, -0.15) is 0 Å². The van der Waals surface area contributed by atoms with Gasteiger partial charge in [-0.05, 0) is 18.9 Å². The summed E-state index contributed by atoms with van der Waals surface area (Å²) in [7, 11) is 1.56. The van der Waals surface area contributed by atoms with Crippen LogP contribution in [0.4, 0.5) is 0 Å². The van der Waals surface area contributed by atoms with Crippen LogP contribution in [0.2, 0.25) is 0 Å². The Labute approximate surface area is 165 Å². The number of ether oxygens (including phenoxy) is 2. The summed E-state index contributed by atoms with van der Waals surface area (Å²) >= 11 is 0. The molecule has 2 amide bonds. The molecule has 1 aromatic heterocycles. The van der Waals surface area contributed by atoms with Crippen molar-refractivity contribution in [2.24, 2.45) is 0 Å². The number of carbonyl (C=O) groups is 2. The normalized spacial score (nSPS) is 22.4. The number of nitrogens with zero attached hydrogens (tertiary/aromatic N) is 2. The van der Waals surface area contributed by atoms with Crippen molar-refractivity contribution in [3.63, 3.8) is 0 Å². The van der Waals surface area contributed by atoms with Crippen molar-refractivity contribution in [1.82, 2.24) is 20.5 Å². The van der Waals surface area contributed by atoms with Crippen molar-refractivity contribution >= 4 is 11.8 Å². The minimum Gasteiger partial charge on any atom is -0.481 e. The molecule has 1 aromatic rings. The van der Waals surface area contributed by atoms with E-state index in [1.165, 1.54) is 12.8 Å². The second kappa shape index (κ2) is 8.45. The van der Waals surface area contributed by atoms with Gasteiger partial charge in [0.2, 0.25) is 11.8 Å². The third-order valence-electron chi connectivity index (χ3n) is 5.80. The molecule has 0 aromatic carbocycles. The Morgan fingerprint density at radius 2 is 2.25 bits per heavy atom. The molecule has 3 heterocycles. The third-order valence-corrected chi connectivity index (χ3v) is 5.80. The van der Waals surface area contributed by atoms with E-state index in [4.69, 9.17) is 9.47 Å². The predicted molar refractivity (Wildman–Crippen MR) is 102 cm³/mol. The van der Waals surface area contributed by atoms with Gasteiger partial charge in [0, 0.05) is 31.2 Å². The van der Waals surface area contributed by atoms with Gasteiger partial charge in [-0.1, -0.05) is 12.8 Å². The highest BCUT2D eigenvalue weighted by Crippen LogP contribution is 2.33. The highest BCUT2D eigenvalue weighted by molar-refractivity contribution is 5.98. The molecule has 4 rings (SSSR count). The fourth-order valence-electron chi connectivity index (χ4n) is 4.31. The summed E-state index contributed by atoms with van der Waals surface area (Å²) in [6.07, 6.45) is 4.70. The van der Waals surface area contributed by atoms with Crippen molar-refractivity contribution in [3.8, 4) is 5.88 Å². The van der Waals surface area contributed by atoms with E-state index in [2.05, 4.69) is 15.6 Å². The molecule has 28 heavy (non-hydrogen) atoms. The summed E-state index contributed by atoms with van der Waals surface area (Å²) in [5.41, 5.74) is 2.13. The van der Waals surface area contributed by atoms with Crippen LogP contribution in [0.1, 0.15) is 53.7 Å². The van der Waals surface area contributed by atoms with E-state index in [0.29, 0.717) is 43.6 Å². The van der Waals surface area contributed by atoms with Crippen molar-refractivity contribution < 1.29 is 19.1 Å². The first kappa shape index (κ1) is 19.1. The van der Waals surface area contributed by atoms with Crippen LogP contribution in [0.5, 0.6) is 5.88 Å². The van der Waals surface area contributed by atoms with Gasteiger partial charge in [-0.25, -0.2) is 4.98 Å². The molecule has 0 unspecified atom stereocenters. The molecule has 1 atom stereocenters. The van der Waals surface area contributed by atoms with Crippen LogP contribution < -0.4 is 15.4 Å². The summed E-state index contributed by atoms with van der Waals surface area (Å²) in [5.74, 6) is 0.428. The molecule has 1 saturated heterocycles. The Kier molecular flexibility index (Phi) is 5.77. The van der Waals surface area contributed by atoms with Crippen LogP contribution in [0, 0.1) is 0 Å². The Morgan fingerprint density at radius 3 is 2.96 bits per heavy atom. The highest BCUT2D eigenvalue weighted by atomic mass is 16.5. The number of aromatic nitrogens is 1. The van der Waals surface area contributed by atoms with Crippen LogP contribution in [-0.2, 0) is 22.6 Å². The standard InChI is InChI=1S/C20H28N4O4/c1-27-19-13(10-22-18(25)9-15-11-21-6-7-28-15)8-16-17(23-19)12-24(20(16)26)14-4-2-3-5-14/h8,14-15,21H,2-7,9-12H2,1H3,(H,22,25)/t15-/m1/s1. The number of pyridine rings is 1. The Bertz CT molecular complexity index is 742. The van der Waals surface area contributed by atoms with Gasteiger partial charge in [0.1, 0.15) is 0 Å². The zero-order valence-corrected chi connectivity index (χ0v) is 16.3. The molecule has 8 nitrogen and oxygen atoms in total. The summed E-state index contributed by atoms with van der Waals surface area (Å²) in [6, 6.07) is 2.15. The molecule has 3 aliphatic rings. The van der Waals surface area contributed by atoms with Crippen molar-refractivity contribution in [2.75, 3.05) is 26.8 Å². The number of carbonyl (C=O) groups excluding carboxylic acids is 2. The number of amides is 2. The van der Waals surface area contributed by atoms with E-state index in [0.717, 1.165) is 30.6 Å². The van der Waals surface area contributed by atoms with Crippen LogP contribution in [-0.4, -0.2) is 60.7 Å². The summed E-state index contributed by atoms with van der Waals surface area (Å²) in [5, 5.41) is 6.12. The van der Waals surface area contributed by atoms with E-state index in [-0.39, 0.29) is 24.5 Å². The maximum atomic E-state index is 12.9. The van der Waals surface area contributed by atoms with Gasteiger partial charge < -0.3 is 25.0 Å². The van der Waals surface area contributed by atoms with Crippen molar-refractivity contribution in [3.05, 3.63) is 22.9 Å². The van der Waals surface area contributed by atoms with E-state index < -0.39 is 0 Å². The predicted octanol–water partition coefficient (Wildman–Crippen LogP) is 0.983. The highest BCUT2D eigenvalue weighted by Gasteiger charge is 2.36. The molecular weight excluding hydrogens is 360 g/mol. The second-order valence-corrected chi connectivity index (χ2v) is 7.70. The molecule has 1 saturated carbocycles. The molecule has 0 radical (unpaired) electrons. The zero-order chi connectivity index (χ0) is 19.5. The smallest absolute Gasteiger partial charge is 0.256 e. The lowest BCUT2D eigenvalue weighted by atomic mass is 10.1. The van der Waals surface area contributed by atoms with Crippen LogP contribution in [0.15, 0.2) is 6.07 Å². The maximum Gasteiger partial charge on any atom is 0.256 e. The number of fused-ring (bicyclic) bond motifs is 1. The largest absolute Gasteiger partial charge is 0.481 e. The summed E-state index contributed by atoms with van der Waals surface area (Å²) in [6.45, 7) is 2.96. The first-order chi connectivity index (χ1) is 13.7. The molecule has 152 valence electrons. The van der Waals surface area contributed by atoms with Crippen molar-refractivity contribution in [2.45, 2.75) is 57.3 Å². The number of rotatable bonds is 6. The molecular formula is C20H28N4O4. The number of hydrogen-bond donors (Lipinski definition) is 2. The lowest BCUT2D eigenvalue weighted by Gasteiger charge is -2.23. The fourth-order valence-corrected chi connectivity index (χ4v) is 4.31. The summed E-state index contributed by atoms with van der Waals surface area (Å²) < 4.78 is 11.0. The fraction of sp³-hybridized carbons (Fsp3) is 0.650. The molecule has 2 fully saturated rings. The van der Waals surface area contributed by atoms with Gasteiger partial charge in [-0.15, -0.1) is 0 Å². The number of morpholine rings is 1. The lowest BCUT2D eigenvalue weighted by molar-refractivity contribution is -0.124. The van der Waals surface area contributed by atoms with Gasteiger partial charge in [0.15, 0.2) is 0 Å². The van der Waals surface area contributed by atoms with E-state index in [1.807, 2.05) is 11.0 Å². The van der Waals surface area contributed by atoms with Crippen LogP contribution in [0.25, 0.3) is 0 Å². The van der Waals surface area contributed by atoms with Gasteiger partial charge in [-0.3, -0.25) is 9.59 Å². The van der Waals surface area contributed by atoms with Crippen molar-refractivity contribution in [1.29, 1.82) is 0 Å². The van der Waals surface area contributed by atoms with Gasteiger partial charge >= 0.3 is 0 Å². The monoisotopic (exact) mass is 388 g/mol. The minimum absolute atomic E-state index is 0.0475. The zero-order valence-electron chi connectivity index (χ0n) is 16.3. The number of hydrogen-bond acceptors (Lipinski definition) is 6. The maximum absolute atomic E-state index is 12.9. The molecule has 0 bridgehead atoms. The Balaban J connectivity index is 1.42. The first-order valence-electron chi connectivity index (χ1n) is 10.1. The topological polar surface area (TPSA) is 92.8 Å². The number of methoxy groups -OCH3 is 1. The van der Waals surface area contributed by atoms with Gasteiger partial charge in [0.05, 0.1) is 44.0 Å². The second-order valence-electron chi connectivity index (χ2n) is 7.70. The molecule has 8 heteroatoms. The van der Waals surface area contributed by atoms with E-state index >= 15 is 0 Å². The number of nitrogens with one attached hydrogen (secondary N) is 2. The van der Waals surface area contributed by atoms with E-state index in [9.17, 15) is 9.59 Å². The van der Waals surface area contributed by atoms with Gasteiger partial charge in [0.25, 0.3) is 5.91 Å². The Hall–Kier alpha value is -2.19. The van der Waals surface area contributed by atoms with E-state index in [1.54, 1.807) is 7.11 Å². The van der Waals surface area contributed by atoms with Crippen LogP contribution in [0.3, 0.4) is 0 Å². The lowest BCUT2D eigenvalue weighted by Crippen LogP contribution is -2.41. The molecule has 2 aliphatic heterocycles. The average molecular weight is 388 g/mol. The minimum atomic E-state index is -0.102. The summed E-state index contributed by atoms with van der Waals surface area (Å²) in [4.78, 5) is 31.6. The molecule has 2 N–H and O–H groups in total.